The average molecular weight is 573 g/mol. The summed E-state index contributed by atoms with van der Waals surface area (Å²) in [5.74, 6) is -2.81. The van der Waals surface area contributed by atoms with E-state index < -0.39 is 11.9 Å². The van der Waals surface area contributed by atoms with E-state index in [-0.39, 0.29) is 44.6 Å². The minimum Gasteiger partial charge on any atom is -0.545 e. The van der Waals surface area contributed by atoms with Gasteiger partial charge in [-0.25, -0.2) is 0 Å². The molecule has 0 bridgehead atoms. The molecule has 1 fully saturated rings. The van der Waals surface area contributed by atoms with E-state index in [0.717, 1.165) is 65.2 Å². The maximum atomic E-state index is 10.3. The molecule has 0 spiro atoms. The van der Waals surface area contributed by atoms with Crippen molar-refractivity contribution in [2.75, 3.05) is 52.6 Å². The zero-order valence-corrected chi connectivity index (χ0v) is 21.6. The van der Waals surface area contributed by atoms with Crippen LogP contribution >= 0.6 is 0 Å². The van der Waals surface area contributed by atoms with Crippen molar-refractivity contribution in [1.82, 2.24) is 26.2 Å². The van der Waals surface area contributed by atoms with Crippen LogP contribution in [-0.2, 0) is 23.6 Å². The molecule has 0 saturated carbocycles. The van der Waals surface area contributed by atoms with E-state index in [4.69, 9.17) is 0 Å². The standard InChI is InChI=1S/C16H29N5.C8H6O4.Cu.3H2O/c1-2-5-16(6-3-1)13-21-14-19-11-9-17-7-4-8-18-10-12-20-15-21;9-7(10)5-2-1-3-6(4-5)8(11)12;;;;/h1-3,5-6,17-20H,4,7-15H2;1-4H,(H,9,10)(H,11,12);;3*1H2/q;;+2;;;/p-2. The Hall–Kier alpha value is -2.42. The largest absolute Gasteiger partial charge is 2.00 e. The molecule has 0 aliphatic carbocycles. The molecule has 1 heterocycles. The van der Waals surface area contributed by atoms with Crippen molar-refractivity contribution in [2.24, 2.45) is 0 Å². The summed E-state index contributed by atoms with van der Waals surface area (Å²) >= 11 is 0. The van der Waals surface area contributed by atoms with Crippen molar-refractivity contribution >= 4 is 11.9 Å². The first-order valence-electron chi connectivity index (χ1n) is 11.2. The van der Waals surface area contributed by atoms with Gasteiger partial charge < -0.3 is 57.5 Å². The van der Waals surface area contributed by atoms with Gasteiger partial charge in [-0.2, -0.15) is 0 Å². The zero-order chi connectivity index (χ0) is 23.7. The van der Waals surface area contributed by atoms with Crippen molar-refractivity contribution in [2.45, 2.75) is 13.0 Å². The van der Waals surface area contributed by atoms with Gasteiger partial charge in [-0.05, 0) is 42.3 Å². The third-order valence-electron chi connectivity index (χ3n) is 4.92. The van der Waals surface area contributed by atoms with Gasteiger partial charge in [0, 0.05) is 46.1 Å². The van der Waals surface area contributed by atoms with Crippen LogP contribution in [0.3, 0.4) is 0 Å². The minimum atomic E-state index is -1.40. The second-order valence-corrected chi connectivity index (χ2v) is 7.64. The summed E-state index contributed by atoms with van der Waals surface area (Å²) in [6.45, 7) is 9.08. The van der Waals surface area contributed by atoms with Crippen LogP contribution in [0.2, 0.25) is 0 Å². The molecule has 1 aliphatic heterocycles. The van der Waals surface area contributed by atoms with Crippen LogP contribution in [0.25, 0.3) is 0 Å². The SMILES string of the molecule is O.O.O.O=C([O-])c1cccc(C(=O)[O-])c1.[Cu+2].c1ccc(CN2CNCCNCCCNCCNC2)cc1. The summed E-state index contributed by atoms with van der Waals surface area (Å²) in [5.41, 5.74) is 1.02. The Balaban J connectivity index is -0.000000631. The number of hydrogen-bond donors (Lipinski definition) is 4. The molecule has 2 aromatic rings. The van der Waals surface area contributed by atoms with Crippen LogP contribution in [0.1, 0.15) is 32.7 Å². The quantitative estimate of drug-likeness (QED) is 0.262. The molecule has 1 aliphatic rings. The molecular weight excluding hydrogens is 534 g/mol. The van der Waals surface area contributed by atoms with Gasteiger partial charge in [0.2, 0.25) is 0 Å². The van der Waals surface area contributed by atoms with Crippen LogP contribution < -0.4 is 31.5 Å². The fourth-order valence-corrected chi connectivity index (χ4v) is 3.20. The molecular formula is C24H39CuN5O7. The van der Waals surface area contributed by atoms with Crippen molar-refractivity contribution in [1.29, 1.82) is 0 Å². The molecule has 10 N–H and O–H groups in total. The summed E-state index contributed by atoms with van der Waals surface area (Å²) in [4.78, 5) is 22.9. The summed E-state index contributed by atoms with van der Waals surface area (Å²) < 4.78 is 0. The number of carbonyl (C=O) groups is 2. The first-order valence-corrected chi connectivity index (χ1v) is 11.2. The fourth-order valence-electron chi connectivity index (χ4n) is 3.20. The number of aromatic carboxylic acids is 2. The predicted octanol–water partition coefficient (Wildman–Crippen LogP) is -3.90. The van der Waals surface area contributed by atoms with Crippen molar-refractivity contribution < 1.29 is 53.3 Å². The Morgan fingerprint density at radius 1 is 0.676 bits per heavy atom. The molecule has 0 amide bonds. The predicted molar refractivity (Wildman–Crippen MR) is 134 cm³/mol. The molecule has 3 rings (SSSR count). The number of hydrogen-bond acceptors (Lipinski definition) is 9. The number of benzene rings is 2. The van der Waals surface area contributed by atoms with E-state index in [9.17, 15) is 19.8 Å². The summed E-state index contributed by atoms with van der Waals surface area (Å²) in [5, 5.41) is 34.5. The Morgan fingerprint density at radius 2 is 1.14 bits per heavy atom. The van der Waals surface area contributed by atoms with Crippen LogP contribution in [0.4, 0.5) is 0 Å². The van der Waals surface area contributed by atoms with Gasteiger partial charge in [0.25, 0.3) is 0 Å². The van der Waals surface area contributed by atoms with Gasteiger partial charge in [0.15, 0.2) is 0 Å². The summed E-state index contributed by atoms with van der Waals surface area (Å²) in [7, 11) is 0. The number of nitrogens with zero attached hydrogens (tertiary/aromatic N) is 1. The molecule has 213 valence electrons. The number of nitrogens with one attached hydrogen (secondary N) is 4. The van der Waals surface area contributed by atoms with Crippen molar-refractivity contribution in [3.8, 4) is 0 Å². The molecule has 0 unspecified atom stereocenters. The maximum Gasteiger partial charge on any atom is 2.00 e. The van der Waals surface area contributed by atoms with Crippen molar-refractivity contribution in [3.05, 3.63) is 71.3 Å². The molecule has 37 heavy (non-hydrogen) atoms. The molecule has 1 saturated heterocycles. The van der Waals surface area contributed by atoms with Crippen LogP contribution in [0.15, 0.2) is 54.6 Å². The van der Waals surface area contributed by atoms with E-state index in [1.807, 2.05) is 0 Å². The van der Waals surface area contributed by atoms with Gasteiger partial charge in [0.05, 0.1) is 11.9 Å². The third kappa shape index (κ3) is 17.6. The smallest absolute Gasteiger partial charge is 0.545 e. The van der Waals surface area contributed by atoms with Gasteiger partial charge in [0.1, 0.15) is 0 Å². The molecule has 2 aromatic carbocycles. The molecule has 1 radical (unpaired) electrons. The minimum absolute atomic E-state index is 0. The Bertz CT molecular complexity index is 806. The fraction of sp³-hybridized carbons (Fsp3) is 0.417. The van der Waals surface area contributed by atoms with Gasteiger partial charge in [-0.1, -0.05) is 48.5 Å². The normalized spacial score (nSPS) is 14.8. The molecule has 0 aromatic heterocycles. The molecule has 12 nitrogen and oxygen atoms in total. The van der Waals surface area contributed by atoms with E-state index in [1.165, 1.54) is 30.2 Å². The van der Waals surface area contributed by atoms with Crippen LogP contribution in [0.5, 0.6) is 0 Å². The summed E-state index contributed by atoms with van der Waals surface area (Å²) in [6.07, 6.45) is 1.19. The number of carboxylic acid groups (broad SMARTS) is 2. The first kappa shape index (κ1) is 39.1. The maximum absolute atomic E-state index is 10.3. The monoisotopic (exact) mass is 572 g/mol. The Labute approximate surface area is 228 Å². The number of carbonyl (C=O) groups excluding carboxylic acids is 2. The van der Waals surface area contributed by atoms with Crippen LogP contribution in [0, 0.1) is 0 Å². The first-order chi connectivity index (χ1) is 16.1. The van der Waals surface area contributed by atoms with E-state index in [2.05, 4.69) is 56.5 Å². The number of rotatable bonds is 4. The Morgan fingerprint density at radius 3 is 1.59 bits per heavy atom. The summed E-state index contributed by atoms with van der Waals surface area (Å²) in [6, 6.07) is 15.5. The second-order valence-electron chi connectivity index (χ2n) is 7.64. The van der Waals surface area contributed by atoms with E-state index >= 15 is 0 Å². The molecule has 13 heteroatoms. The second kappa shape index (κ2) is 23.9. The van der Waals surface area contributed by atoms with Gasteiger partial charge in [-0.3, -0.25) is 4.90 Å². The van der Waals surface area contributed by atoms with E-state index in [1.54, 1.807) is 0 Å². The van der Waals surface area contributed by atoms with E-state index in [0.29, 0.717) is 0 Å². The third-order valence-corrected chi connectivity index (χ3v) is 4.92. The zero-order valence-electron chi connectivity index (χ0n) is 20.6. The van der Waals surface area contributed by atoms with Crippen LogP contribution in [-0.4, -0.2) is 85.9 Å². The van der Waals surface area contributed by atoms with Gasteiger partial charge >= 0.3 is 17.1 Å². The average Bonchev–Trinajstić information content (AvgIpc) is 2.82. The molecule has 0 atom stereocenters. The topological polar surface area (TPSA) is 226 Å². The Kier molecular flexibility index (Phi) is 25.3. The van der Waals surface area contributed by atoms with Gasteiger partial charge in [-0.15, -0.1) is 0 Å². The van der Waals surface area contributed by atoms with Crippen molar-refractivity contribution in [3.63, 3.8) is 0 Å². The number of carboxylic acids is 2.